The minimum absolute atomic E-state index is 0.226. The van der Waals surface area contributed by atoms with Crippen molar-refractivity contribution in [1.29, 1.82) is 0 Å². The first-order chi connectivity index (χ1) is 7.26. The second-order valence-electron chi connectivity index (χ2n) is 3.06. The first kappa shape index (κ1) is 11.3. The summed E-state index contributed by atoms with van der Waals surface area (Å²) in [4.78, 5) is 8.34. The lowest BCUT2D eigenvalue weighted by Gasteiger charge is -2.07. The molecule has 4 nitrogen and oxygen atoms in total. The Morgan fingerprint density at radius 3 is 3.00 bits per heavy atom. The summed E-state index contributed by atoms with van der Waals surface area (Å²) in [5.41, 5.74) is 0. The lowest BCUT2D eigenvalue weighted by atomic mass is 10.4. The van der Waals surface area contributed by atoms with E-state index in [2.05, 4.69) is 28.1 Å². The molecule has 0 atom stereocenters. The Bertz CT molecular complexity index is 357. The minimum atomic E-state index is 0.226. The van der Waals surface area contributed by atoms with Crippen LogP contribution in [0.3, 0.4) is 0 Å². The molecule has 1 aromatic rings. The van der Waals surface area contributed by atoms with E-state index < -0.39 is 0 Å². The van der Waals surface area contributed by atoms with Gasteiger partial charge in [0, 0.05) is 12.6 Å². The Morgan fingerprint density at radius 1 is 1.53 bits per heavy atom. The van der Waals surface area contributed by atoms with Gasteiger partial charge in [-0.25, -0.2) is 4.98 Å². The highest BCUT2D eigenvalue weighted by molar-refractivity contribution is 5.38. The smallest absolute Gasteiger partial charge is 0.219 e. The molecule has 1 aromatic heterocycles. The molecule has 4 heteroatoms. The molecule has 0 aromatic carbocycles. The van der Waals surface area contributed by atoms with E-state index in [1.807, 2.05) is 6.92 Å². The molecule has 0 aliphatic carbocycles. The molecule has 0 saturated carbocycles. The molecule has 15 heavy (non-hydrogen) atoms. The lowest BCUT2D eigenvalue weighted by molar-refractivity contribution is 0.354. The second-order valence-corrected chi connectivity index (χ2v) is 3.06. The van der Waals surface area contributed by atoms with Crippen LogP contribution >= 0.6 is 0 Å². The van der Waals surface area contributed by atoms with Gasteiger partial charge in [-0.1, -0.05) is 12.8 Å². The Labute approximate surface area is 90.1 Å². The molecule has 0 spiro atoms. The summed E-state index contributed by atoms with van der Waals surface area (Å²) in [6, 6.07) is 1.75. The maximum atomic E-state index is 5.23. The minimum Gasteiger partial charge on any atom is -0.464 e. The fraction of sp³-hybridized carbons (Fsp3) is 0.455. The van der Waals surface area contributed by atoms with E-state index in [-0.39, 0.29) is 6.61 Å². The van der Waals surface area contributed by atoms with Crippen molar-refractivity contribution in [3.8, 4) is 18.2 Å². The molecule has 0 amide bonds. The van der Waals surface area contributed by atoms with Crippen molar-refractivity contribution in [2.75, 3.05) is 18.5 Å². The molecule has 0 saturated heterocycles. The van der Waals surface area contributed by atoms with Crippen molar-refractivity contribution in [2.24, 2.45) is 0 Å². The molecular formula is C11H15N3O. The van der Waals surface area contributed by atoms with Gasteiger partial charge >= 0.3 is 0 Å². The molecule has 0 aliphatic rings. The predicted octanol–water partition coefficient (Wildman–Crippen LogP) is 1.62. The van der Waals surface area contributed by atoms with Crippen molar-refractivity contribution < 1.29 is 4.74 Å². The van der Waals surface area contributed by atoms with Crippen molar-refractivity contribution in [3.05, 3.63) is 11.9 Å². The van der Waals surface area contributed by atoms with Gasteiger partial charge in [-0.3, -0.25) is 0 Å². The van der Waals surface area contributed by atoms with Crippen molar-refractivity contribution in [2.45, 2.75) is 20.3 Å². The topological polar surface area (TPSA) is 47.0 Å². The molecule has 0 aliphatic heterocycles. The Hall–Kier alpha value is -1.76. The maximum absolute atomic E-state index is 5.23. The van der Waals surface area contributed by atoms with Crippen molar-refractivity contribution in [3.63, 3.8) is 0 Å². The van der Waals surface area contributed by atoms with Crippen LogP contribution in [0.5, 0.6) is 5.88 Å². The highest BCUT2D eigenvalue weighted by Crippen LogP contribution is 2.12. The molecule has 1 rings (SSSR count). The SMILES string of the molecule is C#CCOc1cc(NCCC)nc(C)n1. The Morgan fingerprint density at radius 2 is 2.33 bits per heavy atom. The van der Waals surface area contributed by atoms with Gasteiger partial charge in [0.1, 0.15) is 11.6 Å². The van der Waals surface area contributed by atoms with Gasteiger partial charge in [0.15, 0.2) is 6.61 Å². The third-order valence-corrected chi connectivity index (χ3v) is 1.67. The number of nitrogens with one attached hydrogen (secondary N) is 1. The van der Waals surface area contributed by atoms with Crippen LogP contribution < -0.4 is 10.1 Å². The number of rotatable bonds is 5. The lowest BCUT2D eigenvalue weighted by Crippen LogP contribution is -2.05. The van der Waals surface area contributed by atoms with Crippen LogP contribution in [0.2, 0.25) is 0 Å². The first-order valence-corrected chi connectivity index (χ1v) is 4.92. The predicted molar refractivity (Wildman–Crippen MR) is 59.9 cm³/mol. The third kappa shape index (κ3) is 3.86. The molecule has 80 valence electrons. The van der Waals surface area contributed by atoms with Crippen LogP contribution in [-0.4, -0.2) is 23.1 Å². The number of hydrogen-bond acceptors (Lipinski definition) is 4. The standard InChI is InChI=1S/C11H15N3O/c1-4-6-12-10-8-11(15-7-5-2)14-9(3)13-10/h2,8H,4,6-7H2,1,3H3,(H,12,13,14). The molecule has 1 heterocycles. The van der Waals surface area contributed by atoms with Gasteiger partial charge in [-0.05, 0) is 13.3 Å². The van der Waals surface area contributed by atoms with Crippen LogP contribution in [0.15, 0.2) is 6.07 Å². The average Bonchev–Trinajstić information content (AvgIpc) is 2.23. The zero-order valence-corrected chi connectivity index (χ0v) is 9.08. The zero-order valence-electron chi connectivity index (χ0n) is 9.08. The van der Waals surface area contributed by atoms with E-state index in [0.717, 1.165) is 18.8 Å². The van der Waals surface area contributed by atoms with Crippen LogP contribution in [-0.2, 0) is 0 Å². The number of aryl methyl sites for hydroxylation is 1. The molecule has 0 unspecified atom stereocenters. The summed E-state index contributed by atoms with van der Waals surface area (Å²) in [7, 11) is 0. The molecule has 0 radical (unpaired) electrons. The molecule has 0 fully saturated rings. The summed E-state index contributed by atoms with van der Waals surface area (Å²) in [6.07, 6.45) is 6.14. The van der Waals surface area contributed by atoms with E-state index in [1.54, 1.807) is 6.07 Å². The van der Waals surface area contributed by atoms with Gasteiger partial charge in [0.05, 0.1) is 0 Å². The van der Waals surface area contributed by atoms with E-state index in [9.17, 15) is 0 Å². The maximum Gasteiger partial charge on any atom is 0.219 e. The van der Waals surface area contributed by atoms with E-state index in [1.165, 1.54) is 0 Å². The van der Waals surface area contributed by atoms with E-state index in [0.29, 0.717) is 11.7 Å². The number of hydrogen-bond donors (Lipinski definition) is 1. The number of anilines is 1. The fourth-order valence-corrected chi connectivity index (χ4v) is 1.07. The average molecular weight is 205 g/mol. The summed E-state index contributed by atoms with van der Waals surface area (Å²) in [5, 5.41) is 3.17. The van der Waals surface area contributed by atoms with Crippen molar-refractivity contribution >= 4 is 5.82 Å². The Balaban J connectivity index is 2.71. The van der Waals surface area contributed by atoms with Gasteiger partial charge < -0.3 is 10.1 Å². The van der Waals surface area contributed by atoms with Gasteiger partial charge in [0.2, 0.25) is 5.88 Å². The zero-order chi connectivity index (χ0) is 11.1. The number of ether oxygens (including phenoxy) is 1. The molecular weight excluding hydrogens is 190 g/mol. The number of aromatic nitrogens is 2. The fourth-order valence-electron chi connectivity index (χ4n) is 1.07. The highest BCUT2D eigenvalue weighted by atomic mass is 16.5. The quantitative estimate of drug-likeness (QED) is 0.742. The monoisotopic (exact) mass is 205 g/mol. The van der Waals surface area contributed by atoms with Gasteiger partial charge in [-0.2, -0.15) is 4.98 Å². The molecule has 0 bridgehead atoms. The first-order valence-electron chi connectivity index (χ1n) is 4.92. The largest absolute Gasteiger partial charge is 0.464 e. The summed E-state index contributed by atoms with van der Waals surface area (Å²) in [5.74, 6) is 4.35. The molecule has 1 N–H and O–H groups in total. The van der Waals surface area contributed by atoms with E-state index >= 15 is 0 Å². The Kier molecular flexibility index (Phi) is 4.42. The van der Waals surface area contributed by atoms with Gasteiger partial charge in [0.25, 0.3) is 0 Å². The number of terminal acetylenes is 1. The van der Waals surface area contributed by atoms with Crippen LogP contribution in [0.4, 0.5) is 5.82 Å². The summed E-state index contributed by atoms with van der Waals surface area (Å²) < 4.78 is 5.23. The summed E-state index contributed by atoms with van der Waals surface area (Å²) >= 11 is 0. The normalized spacial score (nSPS) is 9.40. The summed E-state index contributed by atoms with van der Waals surface area (Å²) in [6.45, 7) is 5.02. The van der Waals surface area contributed by atoms with Crippen molar-refractivity contribution in [1.82, 2.24) is 9.97 Å². The van der Waals surface area contributed by atoms with Crippen LogP contribution in [0.1, 0.15) is 19.2 Å². The third-order valence-electron chi connectivity index (χ3n) is 1.67. The van der Waals surface area contributed by atoms with Crippen LogP contribution in [0.25, 0.3) is 0 Å². The highest BCUT2D eigenvalue weighted by Gasteiger charge is 2.01. The van der Waals surface area contributed by atoms with Gasteiger partial charge in [-0.15, -0.1) is 6.42 Å². The van der Waals surface area contributed by atoms with E-state index in [4.69, 9.17) is 11.2 Å². The van der Waals surface area contributed by atoms with Crippen LogP contribution in [0, 0.1) is 19.3 Å². The second kappa shape index (κ2) is 5.86. The number of nitrogens with zero attached hydrogens (tertiary/aromatic N) is 2.